The van der Waals surface area contributed by atoms with E-state index < -0.39 is 0 Å². The number of nitrogens with one attached hydrogen (secondary N) is 1. The summed E-state index contributed by atoms with van der Waals surface area (Å²) in [5, 5.41) is 7.03. The van der Waals surface area contributed by atoms with E-state index in [2.05, 4.69) is 10.4 Å². The SMILES string of the molecule is CCN1CC(C(=O)NCCCc2cnn(C)c2)CC1=O. The molecule has 0 radical (unpaired) electrons. The van der Waals surface area contributed by atoms with Gasteiger partial charge in [0.2, 0.25) is 11.8 Å². The Labute approximate surface area is 119 Å². The Bertz CT molecular complexity index is 483. The summed E-state index contributed by atoms with van der Waals surface area (Å²) < 4.78 is 1.78. The van der Waals surface area contributed by atoms with Crippen LogP contribution in [-0.2, 0) is 23.1 Å². The lowest BCUT2D eigenvalue weighted by molar-refractivity contribution is -0.128. The molecule has 2 amide bonds. The van der Waals surface area contributed by atoms with E-state index in [4.69, 9.17) is 0 Å². The van der Waals surface area contributed by atoms with Crippen molar-refractivity contribution in [2.45, 2.75) is 26.2 Å². The van der Waals surface area contributed by atoms with E-state index in [-0.39, 0.29) is 17.7 Å². The van der Waals surface area contributed by atoms with Gasteiger partial charge in [-0.3, -0.25) is 14.3 Å². The maximum Gasteiger partial charge on any atom is 0.225 e. The van der Waals surface area contributed by atoms with Crippen molar-refractivity contribution in [3.63, 3.8) is 0 Å². The molecule has 2 heterocycles. The fraction of sp³-hybridized carbons (Fsp3) is 0.643. The molecular formula is C14H22N4O2. The number of aryl methyl sites for hydroxylation is 2. The van der Waals surface area contributed by atoms with Crippen LogP contribution in [0.4, 0.5) is 0 Å². The van der Waals surface area contributed by atoms with Crippen molar-refractivity contribution >= 4 is 11.8 Å². The minimum atomic E-state index is -0.180. The molecule has 0 saturated carbocycles. The van der Waals surface area contributed by atoms with Gasteiger partial charge in [-0.25, -0.2) is 0 Å². The van der Waals surface area contributed by atoms with Crippen molar-refractivity contribution in [2.75, 3.05) is 19.6 Å². The van der Waals surface area contributed by atoms with Crippen molar-refractivity contribution in [3.05, 3.63) is 18.0 Å². The Hall–Kier alpha value is -1.85. The molecule has 0 aromatic carbocycles. The zero-order chi connectivity index (χ0) is 14.5. The molecule has 1 fully saturated rings. The highest BCUT2D eigenvalue weighted by Gasteiger charge is 2.32. The summed E-state index contributed by atoms with van der Waals surface area (Å²) in [6.07, 6.45) is 5.96. The topological polar surface area (TPSA) is 67.2 Å². The molecule has 0 bridgehead atoms. The average molecular weight is 278 g/mol. The number of carbonyl (C=O) groups is 2. The van der Waals surface area contributed by atoms with Crippen LogP contribution in [0.1, 0.15) is 25.3 Å². The summed E-state index contributed by atoms with van der Waals surface area (Å²) in [6, 6.07) is 0. The monoisotopic (exact) mass is 278 g/mol. The molecule has 2 rings (SSSR count). The van der Waals surface area contributed by atoms with Crippen molar-refractivity contribution < 1.29 is 9.59 Å². The molecule has 20 heavy (non-hydrogen) atoms. The van der Waals surface area contributed by atoms with Gasteiger partial charge in [-0.2, -0.15) is 5.10 Å². The van der Waals surface area contributed by atoms with E-state index in [0.717, 1.165) is 12.8 Å². The molecule has 1 N–H and O–H groups in total. The Balaban J connectivity index is 1.67. The normalized spacial score (nSPS) is 18.6. The summed E-state index contributed by atoms with van der Waals surface area (Å²) in [7, 11) is 1.89. The number of nitrogens with zero attached hydrogens (tertiary/aromatic N) is 3. The van der Waals surface area contributed by atoms with E-state index >= 15 is 0 Å². The van der Waals surface area contributed by atoms with E-state index in [9.17, 15) is 9.59 Å². The van der Waals surface area contributed by atoms with E-state index in [1.165, 1.54) is 5.56 Å². The van der Waals surface area contributed by atoms with Crippen LogP contribution >= 0.6 is 0 Å². The maximum atomic E-state index is 12.0. The number of aromatic nitrogens is 2. The van der Waals surface area contributed by atoms with Crippen LogP contribution in [0.25, 0.3) is 0 Å². The summed E-state index contributed by atoms with van der Waals surface area (Å²) in [6.45, 7) is 3.82. The second kappa shape index (κ2) is 6.54. The van der Waals surface area contributed by atoms with Crippen LogP contribution in [0, 0.1) is 5.92 Å². The van der Waals surface area contributed by atoms with Crippen molar-refractivity contribution in [1.29, 1.82) is 0 Å². The molecule has 0 aliphatic carbocycles. The summed E-state index contributed by atoms with van der Waals surface area (Å²) >= 11 is 0. The Morgan fingerprint density at radius 2 is 2.35 bits per heavy atom. The molecule has 1 aromatic rings. The quantitative estimate of drug-likeness (QED) is 0.763. The van der Waals surface area contributed by atoms with Crippen LogP contribution < -0.4 is 5.32 Å². The third-order valence-electron chi connectivity index (χ3n) is 3.67. The first-order valence-corrected chi connectivity index (χ1v) is 7.13. The van der Waals surface area contributed by atoms with Crippen LogP contribution in [-0.4, -0.2) is 46.1 Å². The first-order chi connectivity index (χ1) is 9.60. The van der Waals surface area contributed by atoms with Gasteiger partial charge >= 0.3 is 0 Å². The van der Waals surface area contributed by atoms with Gasteiger partial charge in [0.05, 0.1) is 12.1 Å². The fourth-order valence-corrected chi connectivity index (χ4v) is 2.50. The van der Waals surface area contributed by atoms with Gasteiger partial charge in [-0.15, -0.1) is 0 Å². The average Bonchev–Trinajstić information content (AvgIpc) is 3.00. The predicted molar refractivity (Wildman–Crippen MR) is 74.9 cm³/mol. The summed E-state index contributed by atoms with van der Waals surface area (Å²) in [5.41, 5.74) is 1.18. The van der Waals surface area contributed by atoms with Gasteiger partial charge in [0.25, 0.3) is 0 Å². The van der Waals surface area contributed by atoms with E-state index in [1.54, 1.807) is 9.58 Å². The zero-order valence-corrected chi connectivity index (χ0v) is 12.1. The largest absolute Gasteiger partial charge is 0.356 e. The smallest absolute Gasteiger partial charge is 0.225 e. The number of likely N-dealkylation sites (tertiary alicyclic amines) is 1. The zero-order valence-electron chi connectivity index (χ0n) is 12.1. The molecule has 1 unspecified atom stereocenters. The van der Waals surface area contributed by atoms with Crippen LogP contribution in [0.3, 0.4) is 0 Å². The molecular weight excluding hydrogens is 256 g/mol. The minimum absolute atomic E-state index is 0.000451. The highest BCUT2D eigenvalue weighted by atomic mass is 16.2. The molecule has 1 atom stereocenters. The lowest BCUT2D eigenvalue weighted by Crippen LogP contribution is -2.33. The Kier molecular flexibility index (Phi) is 4.76. The van der Waals surface area contributed by atoms with Gasteiger partial charge in [0.1, 0.15) is 0 Å². The summed E-state index contributed by atoms with van der Waals surface area (Å²) in [4.78, 5) is 25.3. The first kappa shape index (κ1) is 14.6. The standard InChI is InChI=1S/C14H22N4O2/c1-3-18-10-12(7-13(18)19)14(20)15-6-4-5-11-8-16-17(2)9-11/h8-9,12H,3-7,10H2,1-2H3,(H,15,20). The third-order valence-corrected chi connectivity index (χ3v) is 3.67. The second-order valence-corrected chi connectivity index (χ2v) is 5.25. The third kappa shape index (κ3) is 3.59. The van der Waals surface area contributed by atoms with Crippen molar-refractivity contribution in [1.82, 2.24) is 20.0 Å². The van der Waals surface area contributed by atoms with Gasteiger partial charge in [-0.05, 0) is 25.3 Å². The minimum Gasteiger partial charge on any atom is -0.356 e. The number of hydrogen-bond acceptors (Lipinski definition) is 3. The van der Waals surface area contributed by atoms with Gasteiger partial charge in [0.15, 0.2) is 0 Å². The molecule has 1 aliphatic rings. The lowest BCUT2D eigenvalue weighted by Gasteiger charge is -2.13. The number of carbonyl (C=O) groups excluding carboxylic acids is 2. The molecule has 1 aliphatic heterocycles. The predicted octanol–water partition coefficient (Wildman–Crippen LogP) is 0.337. The molecule has 1 aromatic heterocycles. The lowest BCUT2D eigenvalue weighted by atomic mass is 10.1. The molecule has 6 heteroatoms. The number of amides is 2. The number of rotatable bonds is 6. The van der Waals surface area contributed by atoms with E-state index in [0.29, 0.717) is 26.1 Å². The first-order valence-electron chi connectivity index (χ1n) is 7.13. The van der Waals surface area contributed by atoms with Crippen LogP contribution in [0.15, 0.2) is 12.4 Å². The highest BCUT2D eigenvalue weighted by molar-refractivity contribution is 5.89. The fourth-order valence-electron chi connectivity index (χ4n) is 2.50. The van der Waals surface area contributed by atoms with Crippen LogP contribution in [0.5, 0.6) is 0 Å². The van der Waals surface area contributed by atoms with Gasteiger partial charge in [0, 0.05) is 39.3 Å². The molecule has 110 valence electrons. The van der Waals surface area contributed by atoms with Gasteiger partial charge < -0.3 is 10.2 Å². The molecule has 1 saturated heterocycles. The Morgan fingerprint density at radius 1 is 1.55 bits per heavy atom. The van der Waals surface area contributed by atoms with Gasteiger partial charge in [-0.1, -0.05) is 0 Å². The molecule has 6 nitrogen and oxygen atoms in total. The number of hydrogen-bond donors (Lipinski definition) is 1. The van der Waals surface area contributed by atoms with Crippen molar-refractivity contribution in [3.8, 4) is 0 Å². The molecule has 0 spiro atoms. The van der Waals surface area contributed by atoms with Crippen LogP contribution in [0.2, 0.25) is 0 Å². The Morgan fingerprint density at radius 3 is 2.95 bits per heavy atom. The second-order valence-electron chi connectivity index (χ2n) is 5.25. The highest BCUT2D eigenvalue weighted by Crippen LogP contribution is 2.17. The maximum absolute atomic E-state index is 12.0. The summed E-state index contributed by atoms with van der Waals surface area (Å²) in [5.74, 6) is -0.0932. The van der Waals surface area contributed by atoms with Crippen molar-refractivity contribution in [2.24, 2.45) is 13.0 Å². The van der Waals surface area contributed by atoms with E-state index in [1.807, 2.05) is 26.4 Å².